The monoisotopic (exact) mass is 390 g/mol. The van der Waals surface area contributed by atoms with Crippen molar-refractivity contribution in [3.8, 4) is 6.07 Å². The lowest BCUT2D eigenvalue weighted by Gasteiger charge is -2.10. The molecular formula is C21H15ClN4O2. The van der Waals surface area contributed by atoms with Gasteiger partial charge in [-0.1, -0.05) is 11.6 Å². The molecule has 7 heteroatoms. The Balaban J connectivity index is 1.74. The first-order chi connectivity index (χ1) is 13.5. The number of halogens is 1. The van der Waals surface area contributed by atoms with Crippen LogP contribution < -0.4 is 10.6 Å². The van der Waals surface area contributed by atoms with Gasteiger partial charge in [-0.15, -0.1) is 0 Å². The van der Waals surface area contributed by atoms with Gasteiger partial charge in [-0.3, -0.25) is 14.6 Å². The highest BCUT2D eigenvalue weighted by molar-refractivity contribution is 6.30. The Kier molecular flexibility index (Phi) is 5.68. The van der Waals surface area contributed by atoms with Gasteiger partial charge in [0.05, 0.1) is 22.8 Å². The number of carbonyl (C=O) groups excluding carboxylic acids is 2. The van der Waals surface area contributed by atoms with Crippen LogP contribution in [0.15, 0.2) is 60.9 Å². The van der Waals surface area contributed by atoms with Crippen molar-refractivity contribution >= 4 is 34.8 Å². The fourth-order valence-electron chi connectivity index (χ4n) is 2.48. The van der Waals surface area contributed by atoms with Crippen molar-refractivity contribution in [3.05, 3.63) is 88.2 Å². The quantitative estimate of drug-likeness (QED) is 0.689. The summed E-state index contributed by atoms with van der Waals surface area (Å²) in [6.07, 6.45) is 2.77. The molecule has 0 saturated carbocycles. The molecule has 0 spiro atoms. The SMILES string of the molecule is Cc1cc(Cl)ccc1NC(=O)c1cncc(C(=O)Nc2ccc(C#N)cc2)c1. The van der Waals surface area contributed by atoms with E-state index in [1.807, 2.05) is 13.0 Å². The van der Waals surface area contributed by atoms with Crippen molar-refractivity contribution in [2.75, 3.05) is 10.6 Å². The number of nitrogens with one attached hydrogen (secondary N) is 2. The molecule has 1 heterocycles. The van der Waals surface area contributed by atoms with Gasteiger partial charge in [0.15, 0.2) is 0 Å². The number of amides is 2. The zero-order valence-electron chi connectivity index (χ0n) is 14.9. The molecule has 6 nitrogen and oxygen atoms in total. The number of hydrogen-bond acceptors (Lipinski definition) is 4. The van der Waals surface area contributed by atoms with Crippen molar-refractivity contribution in [2.24, 2.45) is 0 Å². The third kappa shape index (κ3) is 4.53. The lowest BCUT2D eigenvalue weighted by atomic mass is 10.1. The summed E-state index contributed by atoms with van der Waals surface area (Å²) in [4.78, 5) is 28.9. The normalized spacial score (nSPS) is 10.0. The van der Waals surface area contributed by atoms with Crippen molar-refractivity contribution < 1.29 is 9.59 Å². The highest BCUT2D eigenvalue weighted by atomic mass is 35.5. The molecule has 0 fully saturated rings. The lowest BCUT2D eigenvalue weighted by molar-refractivity contribution is 0.102. The highest BCUT2D eigenvalue weighted by Gasteiger charge is 2.13. The van der Waals surface area contributed by atoms with E-state index in [2.05, 4.69) is 15.6 Å². The van der Waals surface area contributed by atoms with Crippen LogP contribution in [-0.2, 0) is 0 Å². The average Bonchev–Trinajstić information content (AvgIpc) is 2.70. The second-order valence-corrected chi connectivity index (χ2v) is 6.46. The molecule has 138 valence electrons. The third-order valence-electron chi connectivity index (χ3n) is 3.97. The van der Waals surface area contributed by atoms with Gasteiger partial charge in [0.25, 0.3) is 11.8 Å². The topological polar surface area (TPSA) is 94.9 Å². The van der Waals surface area contributed by atoms with Crippen LogP contribution in [0.5, 0.6) is 0 Å². The zero-order chi connectivity index (χ0) is 20.1. The maximum Gasteiger partial charge on any atom is 0.257 e. The summed E-state index contributed by atoms with van der Waals surface area (Å²) >= 11 is 5.93. The van der Waals surface area contributed by atoms with Crippen molar-refractivity contribution in [1.82, 2.24) is 4.98 Å². The first kappa shape index (κ1) is 19.1. The van der Waals surface area contributed by atoms with E-state index in [9.17, 15) is 9.59 Å². The molecule has 1 aromatic heterocycles. The molecule has 3 aromatic rings. The van der Waals surface area contributed by atoms with Gasteiger partial charge in [-0.25, -0.2) is 0 Å². The molecule has 0 radical (unpaired) electrons. The number of nitrogens with zero attached hydrogens (tertiary/aromatic N) is 2. The van der Waals surface area contributed by atoms with Gasteiger partial charge in [0.2, 0.25) is 0 Å². The van der Waals surface area contributed by atoms with Crippen molar-refractivity contribution in [3.63, 3.8) is 0 Å². The molecule has 3 rings (SSSR count). The Morgan fingerprint density at radius 3 is 2.21 bits per heavy atom. The second-order valence-electron chi connectivity index (χ2n) is 6.02. The first-order valence-electron chi connectivity index (χ1n) is 8.30. The van der Waals surface area contributed by atoms with E-state index in [0.29, 0.717) is 22.0 Å². The van der Waals surface area contributed by atoms with Crippen molar-refractivity contribution in [1.29, 1.82) is 5.26 Å². The Hall–Kier alpha value is -3.69. The van der Waals surface area contributed by atoms with E-state index < -0.39 is 5.91 Å². The van der Waals surface area contributed by atoms with Gasteiger partial charge >= 0.3 is 0 Å². The zero-order valence-corrected chi connectivity index (χ0v) is 15.6. The van der Waals surface area contributed by atoms with E-state index in [1.165, 1.54) is 18.5 Å². The predicted molar refractivity (Wildman–Crippen MR) is 107 cm³/mol. The molecule has 2 N–H and O–H groups in total. The summed E-state index contributed by atoms with van der Waals surface area (Å²) in [6, 6.07) is 15.1. The fourth-order valence-corrected chi connectivity index (χ4v) is 2.71. The molecule has 0 aliphatic heterocycles. The largest absolute Gasteiger partial charge is 0.322 e. The molecule has 0 atom stereocenters. The van der Waals surface area contributed by atoms with E-state index in [4.69, 9.17) is 16.9 Å². The number of benzene rings is 2. The van der Waals surface area contributed by atoms with Gasteiger partial charge < -0.3 is 10.6 Å². The molecule has 0 aliphatic carbocycles. The van der Waals surface area contributed by atoms with Crippen LogP contribution in [0, 0.1) is 18.3 Å². The maximum absolute atomic E-state index is 12.5. The minimum atomic E-state index is -0.408. The lowest BCUT2D eigenvalue weighted by Crippen LogP contribution is -2.16. The van der Waals surface area contributed by atoms with Gasteiger partial charge in [-0.2, -0.15) is 5.26 Å². The van der Waals surface area contributed by atoms with Crippen LogP contribution in [-0.4, -0.2) is 16.8 Å². The summed E-state index contributed by atoms with van der Waals surface area (Å²) in [5.74, 6) is -0.791. The molecule has 0 aliphatic rings. The standard InChI is InChI=1S/C21H15ClN4O2/c1-13-8-17(22)4-7-19(13)26-21(28)16-9-15(11-24-12-16)20(27)25-18-5-2-14(10-23)3-6-18/h2-9,11-12H,1H3,(H,25,27)(H,26,28). The molecule has 2 aromatic carbocycles. The van der Waals surface area contributed by atoms with Crippen LogP contribution in [0.4, 0.5) is 11.4 Å². The van der Waals surface area contributed by atoms with Crippen LogP contribution >= 0.6 is 11.6 Å². The van der Waals surface area contributed by atoms with Gasteiger partial charge in [-0.05, 0) is 61.0 Å². The Labute approximate surface area is 166 Å². The number of carbonyl (C=O) groups is 2. The Bertz CT molecular complexity index is 1090. The fraction of sp³-hybridized carbons (Fsp3) is 0.0476. The number of nitriles is 1. The molecule has 0 unspecified atom stereocenters. The van der Waals surface area contributed by atoms with Gasteiger partial charge in [0, 0.05) is 28.8 Å². The molecular weight excluding hydrogens is 376 g/mol. The smallest absolute Gasteiger partial charge is 0.257 e. The molecule has 0 bridgehead atoms. The molecule has 2 amide bonds. The molecule has 28 heavy (non-hydrogen) atoms. The number of hydrogen-bond donors (Lipinski definition) is 2. The maximum atomic E-state index is 12.5. The summed E-state index contributed by atoms with van der Waals surface area (Å²) in [5, 5.41) is 14.9. The van der Waals surface area contributed by atoms with E-state index >= 15 is 0 Å². The number of rotatable bonds is 4. The second kappa shape index (κ2) is 8.33. The van der Waals surface area contributed by atoms with Crippen LogP contribution in [0.2, 0.25) is 5.02 Å². The summed E-state index contributed by atoms with van der Waals surface area (Å²) in [5.41, 5.74) is 2.98. The average molecular weight is 391 g/mol. The highest BCUT2D eigenvalue weighted by Crippen LogP contribution is 2.20. The Morgan fingerprint density at radius 1 is 0.964 bits per heavy atom. The van der Waals surface area contributed by atoms with Crippen molar-refractivity contribution in [2.45, 2.75) is 6.92 Å². The number of anilines is 2. The van der Waals surface area contributed by atoms with Crippen LogP contribution in [0.1, 0.15) is 31.8 Å². The van der Waals surface area contributed by atoms with E-state index in [1.54, 1.807) is 42.5 Å². The summed E-state index contributed by atoms with van der Waals surface area (Å²) in [6.45, 7) is 1.83. The van der Waals surface area contributed by atoms with E-state index in [-0.39, 0.29) is 17.0 Å². The first-order valence-corrected chi connectivity index (χ1v) is 8.68. The van der Waals surface area contributed by atoms with Crippen LogP contribution in [0.25, 0.3) is 0 Å². The van der Waals surface area contributed by atoms with Crippen LogP contribution in [0.3, 0.4) is 0 Å². The minimum absolute atomic E-state index is 0.241. The summed E-state index contributed by atoms with van der Waals surface area (Å²) in [7, 11) is 0. The Morgan fingerprint density at radius 2 is 1.61 bits per heavy atom. The number of aromatic nitrogens is 1. The summed E-state index contributed by atoms with van der Waals surface area (Å²) < 4.78 is 0. The van der Waals surface area contributed by atoms with Gasteiger partial charge in [0.1, 0.15) is 0 Å². The third-order valence-corrected chi connectivity index (χ3v) is 4.21. The number of aryl methyl sites for hydroxylation is 1. The number of pyridine rings is 1. The molecule has 0 saturated heterocycles. The minimum Gasteiger partial charge on any atom is -0.322 e. The predicted octanol–water partition coefficient (Wildman–Crippen LogP) is 4.42. The van der Waals surface area contributed by atoms with E-state index in [0.717, 1.165) is 5.56 Å².